The van der Waals surface area contributed by atoms with Crippen LogP contribution in [0.2, 0.25) is 0 Å². The molecular weight excluding hydrogens is 664 g/mol. The van der Waals surface area contributed by atoms with Gasteiger partial charge in [-0.05, 0) is 48.3 Å². The lowest BCUT2D eigenvalue weighted by molar-refractivity contribution is 0.0978. The monoisotopic (exact) mass is 690 g/mol. The summed E-state index contributed by atoms with van der Waals surface area (Å²) in [7, 11) is 0. The van der Waals surface area contributed by atoms with Gasteiger partial charge in [0.25, 0.3) is 0 Å². The number of hydrogen-bond donors (Lipinski definition) is 3. The summed E-state index contributed by atoms with van der Waals surface area (Å²) >= 11 is 15.8. The van der Waals surface area contributed by atoms with Crippen LogP contribution in [0.3, 0.4) is 0 Å². The van der Waals surface area contributed by atoms with E-state index in [2.05, 4.69) is 102 Å². The molecule has 3 rings (SSSR count). The molecule has 0 aliphatic carbocycles. The Labute approximate surface area is 236 Å². The number of rotatable bonds is 5. The Hall–Kier alpha value is -1.33. The van der Waals surface area contributed by atoms with Crippen molar-refractivity contribution in [2.45, 2.75) is 38.4 Å². The van der Waals surface area contributed by atoms with E-state index in [1.165, 1.54) is 4.88 Å². The molecule has 1 heterocycles. The quantitative estimate of drug-likeness (QED) is 0.145. The molecule has 0 saturated carbocycles. The summed E-state index contributed by atoms with van der Waals surface area (Å²) < 4.78 is 2.07. The number of nitrogens with two attached hydrogens (primary N) is 3. The van der Waals surface area contributed by atoms with Gasteiger partial charge in [0, 0.05) is 24.9 Å². The number of Topliss-reactive ketones (excluding diaryl/α,β-unsaturated/α-hetero) is 1. The van der Waals surface area contributed by atoms with Crippen LogP contribution in [-0.2, 0) is 0 Å². The third-order valence-corrected chi connectivity index (χ3v) is 7.99. The molecule has 0 bridgehead atoms. The number of ketones is 1. The predicted molar refractivity (Wildman–Crippen MR) is 161 cm³/mol. The van der Waals surface area contributed by atoms with Gasteiger partial charge >= 0.3 is 0 Å². The highest BCUT2D eigenvalue weighted by Crippen LogP contribution is 2.35. The molecule has 34 heavy (non-hydrogen) atoms. The minimum absolute atomic E-state index is 0.000000000000000222. The van der Waals surface area contributed by atoms with Crippen molar-refractivity contribution in [1.29, 1.82) is 0 Å². The molecule has 0 aliphatic rings. The molecule has 6 N–H and O–H groups in total. The number of thiazole rings is 1. The first-order chi connectivity index (χ1) is 15.8. The van der Waals surface area contributed by atoms with Gasteiger partial charge in [0.1, 0.15) is 0 Å². The largest absolute Gasteiger partial charge is 0.377 e. The van der Waals surface area contributed by atoms with Gasteiger partial charge in [0.05, 0.1) is 10.5 Å². The summed E-state index contributed by atoms with van der Waals surface area (Å²) in [6.07, 6.45) is 0. The number of nitrogen functional groups attached to an aromatic ring is 1. The van der Waals surface area contributed by atoms with Crippen molar-refractivity contribution in [2.75, 3.05) is 5.73 Å². The lowest BCUT2D eigenvalue weighted by Gasteiger charge is -2.12. The second kappa shape index (κ2) is 14.9. The van der Waals surface area contributed by atoms with E-state index >= 15 is 0 Å². The normalized spacial score (nSPS) is 11.2. The zero-order chi connectivity index (χ0) is 26.0. The Bertz CT molecular complexity index is 1060. The third-order valence-electron chi connectivity index (χ3n) is 4.28. The van der Waals surface area contributed by atoms with Gasteiger partial charge in [-0.1, -0.05) is 99.8 Å². The number of halogens is 3. The summed E-state index contributed by atoms with van der Waals surface area (Å²) in [6.45, 7) is 8.37. The average molecular weight is 693 g/mol. The van der Waals surface area contributed by atoms with Crippen LogP contribution in [0.4, 0.5) is 5.13 Å². The highest BCUT2D eigenvalue weighted by molar-refractivity contribution is 9.10. The predicted octanol–water partition coefficient (Wildman–Crippen LogP) is 7.52. The van der Waals surface area contributed by atoms with Gasteiger partial charge in [-0.3, -0.25) is 4.79 Å². The van der Waals surface area contributed by atoms with Crippen LogP contribution in [0.5, 0.6) is 0 Å². The van der Waals surface area contributed by atoms with Crippen LogP contribution in [-0.4, -0.2) is 20.7 Å². The van der Waals surface area contributed by atoms with Crippen LogP contribution in [0.1, 0.15) is 48.8 Å². The van der Waals surface area contributed by atoms with Gasteiger partial charge in [-0.15, -0.1) is 11.3 Å². The number of alkyl halides is 1. The molecule has 1 aromatic heterocycles. The van der Waals surface area contributed by atoms with Crippen LogP contribution in [0, 0.1) is 5.92 Å². The topological polar surface area (TPSA) is 108 Å². The molecule has 184 valence electrons. The van der Waals surface area contributed by atoms with E-state index in [0.717, 1.165) is 25.8 Å². The lowest BCUT2D eigenvalue weighted by atomic mass is 10.0. The standard InChI is InChI=1S/C12H13BrN2S.C11H12Br2O.CH4N2S/c1-7(2)11-10(15-12(14)16-11)8-3-5-9(13)6-4-8;1-7(2)10(13)11(14)8-3-5-9(12)6-4-8;2-1(3)4/h3-7H,1-2H3,(H2,14,15);3-7,10H,1-2H3;(H4,2,3,4). The summed E-state index contributed by atoms with van der Waals surface area (Å²) in [6, 6.07) is 15.6. The number of carbonyl (C=O) groups is 1. The van der Waals surface area contributed by atoms with Crippen molar-refractivity contribution in [3.63, 3.8) is 0 Å². The Morgan fingerprint density at radius 1 is 0.941 bits per heavy atom. The van der Waals surface area contributed by atoms with Gasteiger partial charge in [-0.25, -0.2) is 4.98 Å². The van der Waals surface area contributed by atoms with Gasteiger partial charge < -0.3 is 17.2 Å². The van der Waals surface area contributed by atoms with Crippen molar-refractivity contribution in [3.05, 3.63) is 67.9 Å². The zero-order valence-electron chi connectivity index (χ0n) is 19.4. The third kappa shape index (κ3) is 10.5. The molecule has 5 nitrogen and oxygen atoms in total. The maximum atomic E-state index is 11.8. The zero-order valence-corrected chi connectivity index (χ0v) is 25.8. The van der Waals surface area contributed by atoms with E-state index in [0.29, 0.717) is 17.0 Å². The molecule has 2 aromatic carbocycles. The van der Waals surface area contributed by atoms with Crippen molar-refractivity contribution < 1.29 is 4.79 Å². The first-order valence-corrected chi connectivity index (χ1v) is 14.1. The average Bonchev–Trinajstić information content (AvgIpc) is 3.16. The van der Waals surface area contributed by atoms with E-state index < -0.39 is 0 Å². The summed E-state index contributed by atoms with van der Waals surface area (Å²) in [5.41, 5.74) is 17.9. The second-order valence-corrected chi connectivity index (χ2v) is 12.2. The number of anilines is 1. The van der Waals surface area contributed by atoms with Crippen LogP contribution >= 0.6 is 71.3 Å². The number of carbonyl (C=O) groups excluding carboxylic acids is 1. The van der Waals surface area contributed by atoms with Gasteiger partial charge in [0.15, 0.2) is 16.0 Å². The fraction of sp³-hybridized carbons (Fsp3) is 0.292. The van der Waals surface area contributed by atoms with E-state index in [1.54, 1.807) is 11.3 Å². The smallest absolute Gasteiger partial charge is 0.180 e. The molecule has 10 heteroatoms. The molecule has 1 unspecified atom stereocenters. The number of benzene rings is 2. The van der Waals surface area contributed by atoms with E-state index in [1.807, 2.05) is 50.2 Å². The number of nitrogens with zero attached hydrogens (tertiary/aromatic N) is 1. The van der Waals surface area contributed by atoms with Crippen molar-refractivity contribution in [1.82, 2.24) is 4.98 Å². The second-order valence-electron chi connectivity index (χ2n) is 7.85. The van der Waals surface area contributed by atoms with Crippen LogP contribution in [0.25, 0.3) is 11.3 Å². The SMILES string of the molecule is CC(C)C(Br)C(=O)c1ccc(Br)cc1.CC(C)c1sc(N)nc1-c1ccc(Br)cc1.NC(N)=S. The minimum atomic E-state index is -0.0938. The van der Waals surface area contributed by atoms with E-state index in [-0.39, 0.29) is 15.7 Å². The Morgan fingerprint density at radius 3 is 1.79 bits per heavy atom. The lowest BCUT2D eigenvalue weighted by Crippen LogP contribution is -2.19. The molecule has 0 fully saturated rings. The van der Waals surface area contributed by atoms with Crippen molar-refractivity contribution in [2.24, 2.45) is 17.4 Å². The van der Waals surface area contributed by atoms with Crippen LogP contribution < -0.4 is 17.2 Å². The van der Waals surface area contributed by atoms with E-state index in [4.69, 9.17) is 5.73 Å². The molecule has 0 radical (unpaired) electrons. The Morgan fingerprint density at radius 2 is 1.38 bits per heavy atom. The fourth-order valence-electron chi connectivity index (χ4n) is 2.63. The Kier molecular flexibility index (Phi) is 13.5. The highest BCUT2D eigenvalue weighted by Gasteiger charge is 2.19. The number of hydrogen-bond acceptors (Lipinski definition) is 5. The van der Waals surface area contributed by atoms with Gasteiger partial charge in [0.2, 0.25) is 0 Å². The maximum Gasteiger partial charge on any atom is 0.180 e. The highest BCUT2D eigenvalue weighted by atomic mass is 79.9. The summed E-state index contributed by atoms with van der Waals surface area (Å²) in [5, 5.41) is 0.640. The van der Waals surface area contributed by atoms with Crippen molar-refractivity contribution in [3.8, 4) is 11.3 Å². The van der Waals surface area contributed by atoms with E-state index in [9.17, 15) is 4.79 Å². The first-order valence-electron chi connectivity index (χ1n) is 10.3. The van der Waals surface area contributed by atoms with Gasteiger partial charge in [-0.2, -0.15) is 0 Å². The Balaban J connectivity index is 0.000000297. The molecule has 0 amide bonds. The molecular formula is C24H29Br3N4OS2. The molecule has 0 spiro atoms. The molecule has 3 aromatic rings. The maximum absolute atomic E-state index is 11.8. The summed E-state index contributed by atoms with van der Waals surface area (Å²) in [5.74, 6) is 0.909. The number of aromatic nitrogens is 1. The molecule has 0 saturated heterocycles. The van der Waals surface area contributed by atoms with Crippen molar-refractivity contribution >= 4 is 87.4 Å². The fourth-order valence-corrected chi connectivity index (χ4v) is 4.28. The minimum Gasteiger partial charge on any atom is -0.377 e. The number of thiocarbonyl (C=S) groups is 1. The van der Waals surface area contributed by atoms with Crippen LogP contribution in [0.15, 0.2) is 57.5 Å². The molecule has 0 aliphatic heterocycles. The summed E-state index contributed by atoms with van der Waals surface area (Å²) in [4.78, 5) is 17.4. The first kappa shape index (κ1) is 30.7. The molecule has 1 atom stereocenters.